The summed E-state index contributed by atoms with van der Waals surface area (Å²) in [6.45, 7) is 2.05. The van der Waals surface area contributed by atoms with Gasteiger partial charge in [-0.15, -0.1) is 0 Å². The SMILES string of the molecule is Cc1ccc2nc(NC(=O)c3ccc4ccccc4c3)sc2c1. The van der Waals surface area contributed by atoms with E-state index in [0.717, 1.165) is 21.0 Å². The van der Waals surface area contributed by atoms with E-state index >= 15 is 0 Å². The highest BCUT2D eigenvalue weighted by Gasteiger charge is 2.10. The van der Waals surface area contributed by atoms with Crippen LogP contribution in [0.1, 0.15) is 15.9 Å². The summed E-state index contributed by atoms with van der Waals surface area (Å²) in [6, 6.07) is 19.8. The molecule has 1 aromatic heterocycles. The molecule has 1 amide bonds. The Hall–Kier alpha value is -2.72. The van der Waals surface area contributed by atoms with Gasteiger partial charge in [-0.3, -0.25) is 10.1 Å². The summed E-state index contributed by atoms with van der Waals surface area (Å²) < 4.78 is 1.08. The van der Waals surface area contributed by atoms with Gasteiger partial charge in [0.15, 0.2) is 5.13 Å². The van der Waals surface area contributed by atoms with Crippen LogP contribution in [-0.2, 0) is 0 Å². The Morgan fingerprint density at radius 2 is 1.83 bits per heavy atom. The first-order valence-corrected chi connectivity index (χ1v) is 8.18. The van der Waals surface area contributed by atoms with E-state index in [0.29, 0.717) is 10.7 Å². The molecule has 4 rings (SSSR count). The van der Waals surface area contributed by atoms with E-state index in [1.54, 1.807) is 0 Å². The Balaban J connectivity index is 1.64. The molecule has 3 nitrogen and oxygen atoms in total. The lowest BCUT2D eigenvalue weighted by molar-refractivity contribution is 0.102. The van der Waals surface area contributed by atoms with Crippen molar-refractivity contribution in [2.24, 2.45) is 0 Å². The van der Waals surface area contributed by atoms with Crippen molar-refractivity contribution in [2.45, 2.75) is 6.92 Å². The zero-order valence-corrected chi connectivity index (χ0v) is 13.4. The molecule has 0 unspecified atom stereocenters. The first-order valence-electron chi connectivity index (χ1n) is 7.36. The van der Waals surface area contributed by atoms with Crippen LogP contribution < -0.4 is 5.32 Å². The van der Waals surface area contributed by atoms with Crippen LogP contribution in [-0.4, -0.2) is 10.9 Å². The monoisotopic (exact) mass is 318 g/mol. The van der Waals surface area contributed by atoms with Crippen molar-refractivity contribution < 1.29 is 4.79 Å². The summed E-state index contributed by atoms with van der Waals surface area (Å²) in [7, 11) is 0. The molecule has 4 aromatic rings. The fraction of sp³-hybridized carbons (Fsp3) is 0.0526. The van der Waals surface area contributed by atoms with Crippen molar-refractivity contribution in [1.82, 2.24) is 4.98 Å². The lowest BCUT2D eigenvalue weighted by Gasteiger charge is -2.03. The molecule has 1 heterocycles. The van der Waals surface area contributed by atoms with Crippen molar-refractivity contribution in [2.75, 3.05) is 5.32 Å². The average Bonchev–Trinajstić information content (AvgIpc) is 2.95. The van der Waals surface area contributed by atoms with Crippen LogP contribution in [0.5, 0.6) is 0 Å². The summed E-state index contributed by atoms with van der Waals surface area (Å²) in [6.07, 6.45) is 0. The number of thiazole rings is 1. The first kappa shape index (κ1) is 13.9. The number of amides is 1. The number of aromatic nitrogens is 1. The Kier molecular flexibility index (Phi) is 3.32. The molecule has 3 aromatic carbocycles. The van der Waals surface area contributed by atoms with E-state index < -0.39 is 0 Å². The van der Waals surface area contributed by atoms with Crippen LogP contribution in [0.3, 0.4) is 0 Å². The predicted octanol–water partition coefficient (Wildman–Crippen LogP) is 5.01. The second kappa shape index (κ2) is 5.48. The molecule has 0 aliphatic carbocycles. The normalized spacial score (nSPS) is 11.0. The third-order valence-corrected chi connectivity index (χ3v) is 4.71. The molecule has 4 heteroatoms. The molecule has 1 N–H and O–H groups in total. The van der Waals surface area contributed by atoms with E-state index in [1.165, 1.54) is 16.9 Å². The molecular formula is C19H14N2OS. The molecule has 0 radical (unpaired) electrons. The third-order valence-electron chi connectivity index (χ3n) is 3.78. The van der Waals surface area contributed by atoms with Crippen LogP contribution in [0, 0.1) is 6.92 Å². The second-order valence-corrected chi connectivity index (χ2v) is 6.54. The number of aryl methyl sites for hydroxylation is 1. The molecular weight excluding hydrogens is 304 g/mol. The number of nitrogens with zero attached hydrogens (tertiary/aromatic N) is 1. The molecule has 0 spiro atoms. The number of nitrogens with one attached hydrogen (secondary N) is 1. The summed E-state index contributed by atoms with van der Waals surface area (Å²) in [5, 5.41) is 5.71. The molecule has 0 saturated heterocycles. The smallest absolute Gasteiger partial charge is 0.257 e. The second-order valence-electron chi connectivity index (χ2n) is 5.51. The number of hydrogen-bond acceptors (Lipinski definition) is 3. The maximum atomic E-state index is 12.5. The quantitative estimate of drug-likeness (QED) is 0.564. The number of anilines is 1. The van der Waals surface area contributed by atoms with E-state index in [9.17, 15) is 4.79 Å². The molecule has 0 fully saturated rings. The molecule has 0 aliphatic rings. The Bertz CT molecular complexity index is 1040. The number of fused-ring (bicyclic) bond motifs is 2. The van der Waals surface area contributed by atoms with E-state index in [4.69, 9.17) is 0 Å². The zero-order valence-electron chi connectivity index (χ0n) is 12.5. The van der Waals surface area contributed by atoms with Crippen LogP contribution in [0.2, 0.25) is 0 Å². The Morgan fingerprint density at radius 1 is 1.00 bits per heavy atom. The Labute approximate surface area is 137 Å². The van der Waals surface area contributed by atoms with Gasteiger partial charge in [0.2, 0.25) is 0 Å². The first-order chi connectivity index (χ1) is 11.2. The van der Waals surface area contributed by atoms with Crippen molar-refractivity contribution in [3.05, 3.63) is 71.8 Å². The zero-order chi connectivity index (χ0) is 15.8. The van der Waals surface area contributed by atoms with E-state index in [1.807, 2.05) is 61.5 Å². The maximum absolute atomic E-state index is 12.5. The highest BCUT2D eigenvalue weighted by Crippen LogP contribution is 2.27. The number of carbonyl (C=O) groups excluding carboxylic acids is 1. The fourth-order valence-electron chi connectivity index (χ4n) is 2.59. The molecule has 0 atom stereocenters. The summed E-state index contributed by atoms with van der Waals surface area (Å²) >= 11 is 1.50. The van der Waals surface area contributed by atoms with Gasteiger partial charge >= 0.3 is 0 Å². The lowest BCUT2D eigenvalue weighted by atomic mass is 10.1. The Morgan fingerprint density at radius 3 is 2.70 bits per heavy atom. The van der Waals surface area contributed by atoms with Gasteiger partial charge < -0.3 is 0 Å². The van der Waals surface area contributed by atoms with Crippen LogP contribution in [0.4, 0.5) is 5.13 Å². The minimum atomic E-state index is -0.133. The summed E-state index contributed by atoms with van der Waals surface area (Å²) in [4.78, 5) is 16.9. The minimum Gasteiger partial charge on any atom is -0.298 e. The number of rotatable bonds is 2. The van der Waals surface area contributed by atoms with Crippen molar-refractivity contribution >= 4 is 43.4 Å². The standard InChI is InChI=1S/C19H14N2OS/c1-12-6-9-16-17(10-12)23-19(20-16)21-18(22)15-8-7-13-4-2-3-5-14(13)11-15/h2-11H,1H3,(H,20,21,22). The van der Waals surface area contributed by atoms with Gasteiger partial charge in [-0.1, -0.05) is 47.7 Å². The highest BCUT2D eigenvalue weighted by atomic mass is 32.1. The van der Waals surface area contributed by atoms with Crippen LogP contribution in [0.25, 0.3) is 21.0 Å². The number of carbonyl (C=O) groups is 1. The van der Waals surface area contributed by atoms with Gasteiger partial charge in [-0.05, 0) is 47.5 Å². The van der Waals surface area contributed by atoms with E-state index in [-0.39, 0.29) is 5.91 Å². The summed E-state index contributed by atoms with van der Waals surface area (Å²) in [5.41, 5.74) is 2.74. The molecule has 0 bridgehead atoms. The highest BCUT2D eigenvalue weighted by molar-refractivity contribution is 7.22. The maximum Gasteiger partial charge on any atom is 0.257 e. The van der Waals surface area contributed by atoms with Crippen molar-refractivity contribution in [3.8, 4) is 0 Å². The van der Waals surface area contributed by atoms with Gasteiger partial charge in [0.05, 0.1) is 10.2 Å². The minimum absolute atomic E-state index is 0.133. The van der Waals surface area contributed by atoms with Gasteiger partial charge in [-0.2, -0.15) is 0 Å². The fourth-order valence-corrected chi connectivity index (χ4v) is 3.54. The predicted molar refractivity (Wildman–Crippen MR) is 96.3 cm³/mol. The molecule has 23 heavy (non-hydrogen) atoms. The van der Waals surface area contributed by atoms with Gasteiger partial charge in [0, 0.05) is 5.56 Å². The summed E-state index contributed by atoms with van der Waals surface area (Å²) in [5.74, 6) is -0.133. The lowest BCUT2D eigenvalue weighted by Crippen LogP contribution is -2.11. The third kappa shape index (κ3) is 2.69. The van der Waals surface area contributed by atoms with Crippen molar-refractivity contribution in [3.63, 3.8) is 0 Å². The van der Waals surface area contributed by atoms with Crippen molar-refractivity contribution in [1.29, 1.82) is 0 Å². The van der Waals surface area contributed by atoms with Crippen LogP contribution in [0.15, 0.2) is 60.7 Å². The average molecular weight is 318 g/mol. The van der Waals surface area contributed by atoms with Gasteiger partial charge in [-0.25, -0.2) is 4.98 Å². The van der Waals surface area contributed by atoms with Gasteiger partial charge in [0.25, 0.3) is 5.91 Å². The topological polar surface area (TPSA) is 42.0 Å². The largest absolute Gasteiger partial charge is 0.298 e. The van der Waals surface area contributed by atoms with Crippen LogP contribution >= 0.6 is 11.3 Å². The number of benzene rings is 3. The molecule has 112 valence electrons. The van der Waals surface area contributed by atoms with E-state index in [2.05, 4.69) is 16.4 Å². The number of hydrogen-bond donors (Lipinski definition) is 1. The van der Waals surface area contributed by atoms with Gasteiger partial charge in [0.1, 0.15) is 0 Å². The molecule has 0 saturated carbocycles. The molecule has 0 aliphatic heterocycles.